The van der Waals surface area contributed by atoms with E-state index in [0.29, 0.717) is 35.0 Å². The summed E-state index contributed by atoms with van der Waals surface area (Å²) >= 11 is 12.0. The highest BCUT2D eigenvalue weighted by Crippen LogP contribution is 2.29. The molecule has 1 aliphatic rings. The molecule has 114 valence electrons. The maximum Gasteiger partial charge on any atom is 0.319 e. The molecule has 0 radical (unpaired) electrons. The van der Waals surface area contributed by atoms with Crippen molar-refractivity contribution < 1.29 is 14.7 Å². The smallest absolute Gasteiger partial charge is 0.319 e. The summed E-state index contributed by atoms with van der Waals surface area (Å²) in [5.74, 6) is -1.19. The highest BCUT2D eigenvalue weighted by molar-refractivity contribution is 6.36. The van der Waals surface area contributed by atoms with Gasteiger partial charge in [0.2, 0.25) is 0 Å². The van der Waals surface area contributed by atoms with Gasteiger partial charge in [-0.05, 0) is 43.9 Å². The lowest BCUT2D eigenvalue weighted by molar-refractivity contribution is -0.141. The average molecular weight is 331 g/mol. The third-order valence-corrected chi connectivity index (χ3v) is 4.33. The summed E-state index contributed by atoms with van der Waals surface area (Å²) < 4.78 is 0. The van der Waals surface area contributed by atoms with E-state index in [0.717, 1.165) is 5.56 Å². The maximum atomic E-state index is 11.9. The molecule has 2 rings (SSSR count). The normalized spacial score (nSPS) is 21.1. The molecule has 0 bridgehead atoms. The highest BCUT2D eigenvalue weighted by Gasteiger charge is 2.30. The van der Waals surface area contributed by atoms with Crippen molar-refractivity contribution in [3.05, 3.63) is 27.7 Å². The fourth-order valence-electron chi connectivity index (χ4n) is 2.42. The number of hydrogen-bond donors (Lipinski definition) is 3. The van der Waals surface area contributed by atoms with Crippen molar-refractivity contribution in [2.24, 2.45) is 5.92 Å². The maximum absolute atomic E-state index is 11.9. The number of urea groups is 1. The Hall–Kier alpha value is -1.46. The van der Waals surface area contributed by atoms with E-state index in [2.05, 4.69) is 10.6 Å². The first-order valence-corrected chi connectivity index (χ1v) is 7.38. The van der Waals surface area contributed by atoms with Gasteiger partial charge in [-0.1, -0.05) is 23.2 Å². The zero-order valence-corrected chi connectivity index (χ0v) is 13.0. The molecule has 0 spiro atoms. The molecule has 1 aliphatic carbocycles. The van der Waals surface area contributed by atoms with E-state index < -0.39 is 12.0 Å². The van der Waals surface area contributed by atoms with Crippen molar-refractivity contribution in [2.45, 2.75) is 32.2 Å². The Labute approximate surface area is 132 Å². The van der Waals surface area contributed by atoms with Crippen LogP contribution >= 0.6 is 23.2 Å². The number of benzene rings is 1. The summed E-state index contributed by atoms with van der Waals surface area (Å²) in [6.07, 6.45) is 1.69. The van der Waals surface area contributed by atoms with Gasteiger partial charge in [-0.3, -0.25) is 4.79 Å². The zero-order valence-electron chi connectivity index (χ0n) is 11.5. The van der Waals surface area contributed by atoms with Crippen molar-refractivity contribution in [1.82, 2.24) is 5.32 Å². The third kappa shape index (κ3) is 4.02. The van der Waals surface area contributed by atoms with Gasteiger partial charge >= 0.3 is 12.0 Å². The summed E-state index contributed by atoms with van der Waals surface area (Å²) in [5.41, 5.74) is 1.25. The fourth-order valence-corrected chi connectivity index (χ4v) is 2.85. The largest absolute Gasteiger partial charge is 0.481 e. The monoisotopic (exact) mass is 330 g/mol. The number of carbonyl (C=O) groups is 2. The number of amides is 2. The Morgan fingerprint density at radius 1 is 1.24 bits per heavy atom. The number of aryl methyl sites for hydroxylation is 1. The van der Waals surface area contributed by atoms with Crippen molar-refractivity contribution in [1.29, 1.82) is 0 Å². The molecule has 3 N–H and O–H groups in total. The van der Waals surface area contributed by atoms with E-state index in [1.165, 1.54) is 0 Å². The summed E-state index contributed by atoms with van der Waals surface area (Å²) in [6.45, 7) is 1.82. The van der Waals surface area contributed by atoms with Gasteiger partial charge in [0.15, 0.2) is 0 Å². The van der Waals surface area contributed by atoms with Gasteiger partial charge < -0.3 is 15.7 Å². The SMILES string of the molecule is Cc1cc(Cl)c(NC(=O)N[C@H]2CC[C@@H](C(=O)O)C2)cc1Cl. The van der Waals surface area contributed by atoms with E-state index in [1.54, 1.807) is 12.1 Å². The summed E-state index contributed by atoms with van der Waals surface area (Å²) in [4.78, 5) is 22.8. The molecule has 2 atom stereocenters. The van der Waals surface area contributed by atoms with E-state index in [4.69, 9.17) is 28.3 Å². The molecule has 2 amide bonds. The van der Waals surface area contributed by atoms with Crippen LogP contribution in [-0.2, 0) is 4.79 Å². The molecule has 0 aromatic heterocycles. The quantitative estimate of drug-likeness (QED) is 0.791. The van der Waals surface area contributed by atoms with E-state index in [9.17, 15) is 9.59 Å². The summed E-state index contributed by atoms with van der Waals surface area (Å²) in [6, 6.07) is 2.72. The molecule has 0 aliphatic heterocycles. The molecule has 5 nitrogen and oxygen atoms in total. The van der Waals surface area contributed by atoms with E-state index >= 15 is 0 Å². The molecule has 1 aromatic carbocycles. The number of hydrogen-bond acceptors (Lipinski definition) is 2. The summed E-state index contributed by atoms with van der Waals surface area (Å²) in [5, 5.41) is 15.2. The van der Waals surface area contributed by atoms with Crippen molar-refractivity contribution in [3.63, 3.8) is 0 Å². The lowest BCUT2D eigenvalue weighted by atomic mass is 10.1. The van der Waals surface area contributed by atoms with Gasteiger partial charge in [0.05, 0.1) is 16.6 Å². The van der Waals surface area contributed by atoms with Crippen LogP contribution in [0.25, 0.3) is 0 Å². The average Bonchev–Trinajstić information content (AvgIpc) is 2.84. The first-order chi connectivity index (χ1) is 9.86. The Morgan fingerprint density at radius 3 is 2.57 bits per heavy atom. The van der Waals surface area contributed by atoms with Crippen LogP contribution in [0.3, 0.4) is 0 Å². The number of nitrogens with one attached hydrogen (secondary N) is 2. The minimum absolute atomic E-state index is 0.134. The lowest BCUT2D eigenvalue weighted by Gasteiger charge is -2.14. The van der Waals surface area contributed by atoms with Gasteiger partial charge in [-0.2, -0.15) is 0 Å². The van der Waals surface area contributed by atoms with E-state index in [1.807, 2.05) is 6.92 Å². The predicted octanol–water partition coefficient (Wildman–Crippen LogP) is 3.68. The van der Waals surface area contributed by atoms with Crippen molar-refractivity contribution >= 4 is 40.9 Å². The number of carboxylic acids is 1. The Kier molecular flexibility index (Phi) is 4.96. The van der Waals surface area contributed by atoms with Crippen LogP contribution in [0, 0.1) is 12.8 Å². The Morgan fingerprint density at radius 2 is 1.95 bits per heavy atom. The van der Waals surface area contributed by atoms with Crippen LogP contribution in [0.15, 0.2) is 12.1 Å². The first-order valence-electron chi connectivity index (χ1n) is 6.62. The molecular formula is C14H16Cl2N2O3. The van der Waals surface area contributed by atoms with Gasteiger partial charge in [0.25, 0.3) is 0 Å². The van der Waals surface area contributed by atoms with Crippen LogP contribution in [-0.4, -0.2) is 23.1 Å². The number of carboxylic acid groups (broad SMARTS) is 1. The fraction of sp³-hybridized carbons (Fsp3) is 0.429. The van der Waals surface area contributed by atoms with Crippen LogP contribution in [0.2, 0.25) is 10.0 Å². The van der Waals surface area contributed by atoms with Crippen molar-refractivity contribution in [3.8, 4) is 0 Å². The summed E-state index contributed by atoms with van der Waals surface area (Å²) in [7, 11) is 0. The van der Waals surface area contributed by atoms with Gasteiger partial charge in [0, 0.05) is 11.1 Å². The molecule has 7 heteroatoms. The number of halogens is 2. The predicted molar refractivity (Wildman–Crippen MR) is 82.1 cm³/mol. The standard InChI is InChI=1S/C14H16Cl2N2O3/c1-7-4-11(16)12(6-10(7)15)18-14(21)17-9-3-2-8(5-9)13(19)20/h4,6,8-9H,2-3,5H2,1H3,(H,19,20)(H2,17,18,21)/t8-,9+/m1/s1. The molecule has 0 unspecified atom stereocenters. The van der Waals surface area contributed by atoms with Crippen LogP contribution < -0.4 is 10.6 Å². The molecule has 21 heavy (non-hydrogen) atoms. The molecular weight excluding hydrogens is 315 g/mol. The second kappa shape index (κ2) is 6.54. The Bertz CT molecular complexity index is 578. The van der Waals surface area contributed by atoms with E-state index in [-0.39, 0.29) is 12.0 Å². The van der Waals surface area contributed by atoms with Gasteiger partial charge in [-0.25, -0.2) is 4.79 Å². The third-order valence-electron chi connectivity index (χ3n) is 3.61. The first kappa shape index (κ1) is 15.9. The van der Waals surface area contributed by atoms with Gasteiger partial charge in [0.1, 0.15) is 0 Å². The number of aliphatic carboxylic acids is 1. The lowest BCUT2D eigenvalue weighted by Crippen LogP contribution is -2.36. The van der Waals surface area contributed by atoms with Crippen molar-refractivity contribution in [2.75, 3.05) is 5.32 Å². The molecule has 1 aromatic rings. The topological polar surface area (TPSA) is 78.4 Å². The zero-order chi connectivity index (χ0) is 15.6. The minimum atomic E-state index is -0.812. The minimum Gasteiger partial charge on any atom is -0.481 e. The number of rotatable bonds is 3. The van der Waals surface area contributed by atoms with Gasteiger partial charge in [-0.15, -0.1) is 0 Å². The molecule has 1 fully saturated rings. The second-order valence-electron chi connectivity index (χ2n) is 5.22. The Balaban J connectivity index is 1.94. The number of anilines is 1. The van der Waals surface area contributed by atoms with Crippen LogP contribution in [0.1, 0.15) is 24.8 Å². The highest BCUT2D eigenvalue weighted by atomic mass is 35.5. The molecule has 1 saturated carbocycles. The van der Waals surface area contributed by atoms with Crippen LogP contribution in [0.4, 0.5) is 10.5 Å². The molecule has 0 saturated heterocycles. The van der Waals surface area contributed by atoms with Crippen LogP contribution in [0.5, 0.6) is 0 Å². The second-order valence-corrected chi connectivity index (χ2v) is 6.04. The number of carbonyl (C=O) groups excluding carboxylic acids is 1. The molecule has 0 heterocycles.